The molecule has 0 spiro atoms. The van der Waals surface area contributed by atoms with Crippen molar-refractivity contribution in [2.24, 2.45) is 0 Å². The molecule has 1 rings (SSSR count). The Morgan fingerprint density at radius 3 is 2.30 bits per heavy atom. The quantitative estimate of drug-likeness (QED) is 0.272. The van der Waals surface area contributed by atoms with E-state index in [1.54, 1.807) is 0 Å². The fourth-order valence-electron chi connectivity index (χ4n) is 2.53. The average molecular weight is 403 g/mol. The first-order valence-electron chi connectivity index (χ1n) is 8.85. The lowest BCUT2D eigenvalue weighted by Crippen LogP contribution is -2.49. The van der Waals surface area contributed by atoms with Crippen LogP contribution in [0.3, 0.4) is 0 Å². The fourth-order valence-corrected chi connectivity index (χ4v) is 4.23. The third-order valence-electron chi connectivity index (χ3n) is 5.11. The summed E-state index contributed by atoms with van der Waals surface area (Å²) in [5.41, 5.74) is 0. The molecule has 1 aliphatic carbocycles. The van der Waals surface area contributed by atoms with Gasteiger partial charge < -0.3 is 9.16 Å². The van der Waals surface area contributed by atoms with Gasteiger partial charge in [0.25, 0.3) is 0 Å². The molecule has 0 saturated carbocycles. The summed E-state index contributed by atoms with van der Waals surface area (Å²) in [5.74, 6) is 0. The molecule has 0 radical (unpaired) electrons. The summed E-state index contributed by atoms with van der Waals surface area (Å²) in [6.07, 6.45) is 10.7. The van der Waals surface area contributed by atoms with E-state index in [-0.39, 0.29) is 23.4 Å². The first-order chi connectivity index (χ1) is 10.6. The summed E-state index contributed by atoms with van der Waals surface area (Å²) in [5, 5.41) is 0.223. The first-order valence-corrected chi connectivity index (χ1v) is 12.7. The predicted octanol–water partition coefficient (Wildman–Crippen LogP) is 6.23. The SMILES string of the molecule is C=CC[C@@H](O[C@H]1CC=CC[C@@H]1O[Si](C)(C)C(C)(C)C)[C@@H](Br)CC. The number of alkyl halides is 1. The summed E-state index contributed by atoms with van der Waals surface area (Å²) < 4.78 is 13.2. The maximum Gasteiger partial charge on any atom is 0.192 e. The second-order valence-corrected chi connectivity index (χ2v) is 14.0. The second kappa shape index (κ2) is 8.98. The number of rotatable bonds is 8. The van der Waals surface area contributed by atoms with Crippen molar-refractivity contribution >= 4 is 24.2 Å². The largest absolute Gasteiger partial charge is 0.411 e. The van der Waals surface area contributed by atoms with E-state index in [1.165, 1.54) is 0 Å². The highest BCUT2D eigenvalue weighted by atomic mass is 79.9. The van der Waals surface area contributed by atoms with Gasteiger partial charge in [0.15, 0.2) is 8.32 Å². The Balaban J connectivity index is 2.82. The van der Waals surface area contributed by atoms with Crippen LogP contribution in [-0.2, 0) is 9.16 Å². The zero-order valence-corrected chi connectivity index (χ0v) is 18.4. The second-order valence-electron chi connectivity index (χ2n) is 8.02. The van der Waals surface area contributed by atoms with Crippen LogP contribution in [0.25, 0.3) is 0 Å². The van der Waals surface area contributed by atoms with Gasteiger partial charge in [0.05, 0.1) is 18.3 Å². The number of ether oxygens (including phenoxy) is 1. The number of hydrogen-bond acceptors (Lipinski definition) is 2. The highest BCUT2D eigenvalue weighted by molar-refractivity contribution is 9.09. The molecule has 1 aliphatic rings. The van der Waals surface area contributed by atoms with Crippen LogP contribution >= 0.6 is 15.9 Å². The van der Waals surface area contributed by atoms with Crippen LogP contribution in [0.15, 0.2) is 24.8 Å². The Bertz CT molecular complexity index is 401. The third-order valence-corrected chi connectivity index (χ3v) is 10.9. The van der Waals surface area contributed by atoms with Gasteiger partial charge in [-0.25, -0.2) is 0 Å². The Kier molecular flexibility index (Phi) is 8.25. The molecule has 0 aromatic heterocycles. The van der Waals surface area contributed by atoms with Gasteiger partial charge in [-0.1, -0.05) is 61.9 Å². The molecule has 0 aromatic carbocycles. The number of halogens is 1. The van der Waals surface area contributed by atoms with E-state index in [2.05, 4.69) is 75.4 Å². The van der Waals surface area contributed by atoms with Gasteiger partial charge in [-0.05, 0) is 43.8 Å². The van der Waals surface area contributed by atoms with Crippen molar-refractivity contribution < 1.29 is 9.16 Å². The summed E-state index contributed by atoms with van der Waals surface area (Å²) in [6, 6.07) is 0. The zero-order valence-electron chi connectivity index (χ0n) is 15.8. The monoisotopic (exact) mass is 402 g/mol. The van der Waals surface area contributed by atoms with Crippen molar-refractivity contribution in [3.05, 3.63) is 24.8 Å². The van der Waals surface area contributed by atoms with Crippen LogP contribution in [0.5, 0.6) is 0 Å². The predicted molar refractivity (Wildman–Crippen MR) is 107 cm³/mol. The van der Waals surface area contributed by atoms with Crippen LogP contribution in [-0.4, -0.2) is 31.5 Å². The lowest BCUT2D eigenvalue weighted by molar-refractivity contribution is -0.0707. The smallest absolute Gasteiger partial charge is 0.192 e. The molecule has 0 heterocycles. The minimum atomic E-state index is -1.78. The minimum absolute atomic E-state index is 0.144. The summed E-state index contributed by atoms with van der Waals surface area (Å²) in [6.45, 7) is 17.6. The first kappa shape index (κ1) is 21.1. The average Bonchev–Trinajstić information content (AvgIpc) is 2.46. The van der Waals surface area contributed by atoms with Gasteiger partial charge in [-0.3, -0.25) is 0 Å². The molecule has 23 heavy (non-hydrogen) atoms. The van der Waals surface area contributed by atoms with E-state index >= 15 is 0 Å². The van der Waals surface area contributed by atoms with Crippen LogP contribution < -0.4 is 0 Å². The van der Waals surface area contributed by atoms with Crippen molar-refractivity contribution in [3.63, 3.8) is 0 Å². The third kappa shape index (κ3) is 6.15. The maximum atomic E-state index is 6.67. The van der Waals surface area contributed by atoms with Crippen LogP contribution in [0, 0.1) is 0 Å². The van der Waals surface area contributed by atoms with Crippen molar-refractivity contribution in [3.8, 4) is 0 Å². The summed E-state index contributed by atoms with van der Waals surface area (Å²) >= 11 is 3.76. The fraction of sp³-hybridized carbons (Fsp3) is 0.789. The van der Waals surface area contributed by atoms with E-state index in [4.69, 9.17) is 9.16 Å². The lowest BCUT2D eigenvalue weighted by Gasteiger charge is -2.42. The van der Waals surface area contributed by atoms with E-state index in [1.807, 2.05) is 6.08 Å². The molecule has 2 nitrogen and oxygen atoms in total. The van der Waals surface area contributed by atoms with E-state index < -0.39 is 8.32 Å². The molecule has 0 bridgehead atoms. The Morgan fingerprint density at radius 1 is 1.26 bits per heavy atom. The van der Waals surface area contributed by atoms with Gasteiger partial charge in [-0.15, -0.1) is 6.58 Å². The molecular formula is C19H35BrO2Si. The Hall–Kier alpha value is 0.0969. The molecule has 0 N–H and O–H groups in total. The van der Waals surface area contributed by atoms with Gasteiger partial charge in [0.1, 0.15) is 0 Å². The summed E-state index contributed by atoms with van der Waals surface area (Å²) in [4.78, 5) is 0.361. The molecule has 0 saturated heterocycles. The van der Waals surface area contributed by atoms with Gasteiger partial charge in [0, 0.05) is 4.83 Å². The standard InChI is InChI=1S/C19H35BrO2Si/c1-8-12-16(15(20)9-2)21-17-13-10-11-14-18(17)22-23(6,7)19(3,4)5/h8,10-11,15-18H,1,9,12-14H2,2-7H3/t15-,16+,17-,18-/m0/s1. The Labute approximate surface area is 153 Å². The van der Waals surface area contributed by atoms with Gasteiger partial charge in [-0.2, -0.15) is 0 Å². The molecular weight excluding hydrogens is 368 g/mol. The normalized spacial score (nSPS) is 25.2. The van der Waals surface area contributed by atoms with Crippen LogP contribution in [0.4, 0.5) is 0 Å². The van der Waals surface area contributed by atoms with Crippen molar-refractivity contribution in [2.45, 2.75) is 94.6 Å². The molecule has 4 atom stereocenters. The van der Waals surface area contributed by atoms with E-state index in [0.29, 0.717) is 4.83 Å². The Morgan fingerprint density at radius 2 is 1.83 bits per heavy atom. The molecule has 0 amide bonds. The zero-order chi connectivity index (χ0) is 17.7. The summed E-state index contributed by atoms with van der Waals surface area (Å²) in [7, 11) is -1.78. The van der Waals surface area contributed by atoms with Crippen molar-refractivity contribution in [1.82, 2.24) is 0 Å². The van der Waals surface area contributed by atoms with Gasteiger partial charge in [0.2, 0.25) is 0 Å². The molecule has 4 heteroatoms. The van der Waals surface area contributed by atoms with Crippen LogP contribution in [0.1, 0.15) is 53.4 Å². The van der Waals surface area contributed by atoms with E-state index in [0.717, 1.165) is 25.7 Å². The highest BCUT2D eigenvalue weighted by Gasteiger charge is 2.41. The minimum Gasteiger partial charge on any atom is -0.411 e. The van der Waals surface area contributed by atoms with Crippen LogP contribution in [0.2, 0.25) is 18.1 Å². The lowest BCUT2D eigenvalue weighted by atomic mass is 10.0. The molecule has 0 aliphatic heterocycles. The van der Waals surface area contributed by atoms with Crippen molar-refractivity contribution in [1.29, 1.82) is 0 Å². The molecule has 134 valence electrons. The number of hydrogen-bond donors (Lipinski definition) is 0. The maximum absolute atomic E-state index is 6.67. The molecule has 0 aromatic rings. The van der Waals surface area contributed by atoms with E-state index in [9.17, 15) is 0 Å². The molecule has 0 unspecified atom stereocenters. The molecule has 0 fully saturated rings. The van der Waals surface area contributed by atoms with Crippen molar-refractivity contribution in [2.75, 3.05) is 0 Å². The van der Waals surface area contributed by atoms with Gasteiger partial charge >= 0.3 is 0 Å². The topological polar surface area (TPSA) is 18.5 Å². The highest BCUT2D eigenvalue weighted by Crippen LogP contribution is 2.39.